The topological polar surface area (TPSA) is 132 Å². The SMILES string of the molecule is CCOC(=O)c1cccc(Nc2ncnc(Nc3cccnc3)c2[N+](=O)[O-])c1. The molecule has 3 aromatic rings. The number of ether oxygens (including phenoxy) is 1. The number of nitrogens with zero attached hydrogens (tertiary/aromatic N) is 4. The summed E-state index contributed by atoms with van der Waals surface area (Å²) in [6, 6.07) is 9.80. The fourth-order valence-electron chi connectivity index (χ4n) is 2.38. The molecule has 0 radical (unpaired) electrons. The maximum absolute atomic E-state index is 11.9. The van der Waals surface area contributed by atoms with Crippen molar-refractivity contribution in [2.75, 3.05) is 17.2 Å². The molecule has 10 nitrogen and oxygen atoms in total. The first-order valence-corrected chi connectivity index (χ1v) is 8.29. The van der Waals surface area contributed by atoms with Gasteiger partial charge in [-0.15, -0.1) is 0 Å². The van der Waals surface area contributed by atoms with Crippen LogP contribution in [0.4, 0.5) is 28.7 Å². The monoisotopic (exact) mass is 380 g/mol. The van der Waals surface area contributed by atoms with Gasteiger partial charge in [0.05, 0.1) is 29.0 Å². The number of carbonyl (C=O) groups excluding carboxylic acids is 1. The van der Waals surface area contributed by atoms with Crippen molar-refractivity contribution < 1.29 is 14.5 Å². The number of nitrogens with one attached hydrogen (secondary N) is 2. The summed E-state index contributed by atoms with van der Waals surface area (Å²) in [5.74, 6) is -0.494. The normalized spacial score (nSPS) is 10.2. The fourth-order valence-corrected chi connectivity index (χ4v) is 2.38. The Morgan fingerprint density at radius 1 is 1.14 bits per heavy atom. The number of esters is 1. The first kappa shape index (κ1) is 18.7. The molecule has 0 saturated carbocycles. The predicted octanol–water partition coefficient (Wildman–Crippen LogP) is 3.44. The van der Waals surface area contributed by atoms with Crippen LogP contribution in [-0.2, 0) is 4.74 Å². The van der Waals surface area contributed by atoms with Crippen LogP contribution in [0.1, 0.15) is 17.3 Å². The summed E-state index contributed by atoms with van der Waals surface area (Å²) in [5.41, 5.74) is 0.962. The number of hydrogen-bond acceptors (Lipinski definition) is 9. The largest absolute Gasteiger partial charge is 0.462 e. The highest BCUT2D eigenvalue weighted by atomic mass is 16.6. The van der Waals surface area contributed by atoms with Crippen LogP contribution in [0.15, 0.2) is 55.1 Å². The Labute approximate surface area is 159 Å². The molecule has 2 aromatic heterocycles. The van der Waals surface area contributed by atoms with Crippen molar-refractivity contribution in [3.63, 3.8) is 0 Å². The summed E-state index contributed by atoms with van der Waals surface area (Å²) in [7, 11) is 0. The van der Waals surface area contributed by atoms with Gasteiger partial charge >= 0.3 is 11.7 Å². The lowest BCUT2D eigenvalue weighted by atomic mass is 10.2. The molecule has 0 aliphatic rings. The van der Waals surface area contributed by atoms with Gasteiger partial charge in [0.2, 0.25) is 11.6 Å². The summed E-state index contributed by atoms with van der Waals surface area (Å²) in [6.07, 6.45) is 4.30. The summed E-state index contributed by atoms with van der Waals surface area (Å²) < 4.78 is 4.96. The fraction of sp³-hybridized carbons (Fsp3) is 0.111. The van der Waals surface area contributed by atoms with E-state index in [1.165, 1.54) is 18.6 Å². The van der Waals surface area contributed by atoms with E-state index in [2.05, 4.69) is 25.6 Å². The molecule has 3 rings (SSSR count). The summed E-state index contributed by atoms with van der Waals surface area (Å²) in [6.45, 7) is 1.96. The Morgan fingerprint density at radius 2 is 1.86 bits per heavy atom. The molecule has 1 aromatic carbocycles. The zero-order chi connectivity index (χ0) is 19.9. The molecule has 0 spiro atoms. The molecule has 0 fully saturated rings. The third-order valence-electron chi connectivity index (χ3n) is 3.57. The van der Waals surface area contributed by atoms with Crippen molar-refractivity contribution in [2.24, 2.45) is 0 Å². The van der Waals surface area contributed by atoms with Crippen molar-refractivity contribution in [3.8, 4) is 0 Å². The van der Waals surface area contributed by atoms with Gasteiger partial charge in [-0.25, -0.2) is 14.8 Å². The molecule has 0 bridgehead atoms. The third kappa shape index (κ3) is 4.36. The lowest BCUT2D eigenvalue weighted by Crippen LogP contribution is -2.07. The molecular formula is C18H16N6O4. The molecular weight excluding hydrogens is 364 g/mol. The van der Waals surface area contributed by atoms with Crippen molar-refractivity contribution in [1.82, 2.24) is 15.0 Å². The predicted molar refractivity (Wildman–Crippen MR) is 102 cm³/mol. The van der Waals surface area contributed by atoms with Gasteiger partial charge in [0.1, 0.15) is 6.33 Å². The lowest BCUT2D eigenvalue weighted by molar-refractivity contribution is -0.383. The number of carbonyl (C=O) groups is 1. The van der Waals surface area contributed by atoms with Crippen LogP contribution in [0.3, 0.4) is 0 Å². The number of benzene rings is 1. The minimum absolute atomic E-state index is 0.0112. The second-order valence-electron chi connectivity index (χ2n) is 5.47. The Bertz CT molecular complexity index is 996. The summed E-state index contributed by atoms with van der Waals surface area (Å²) >= 11 is 0. The first-order valence-electron chi connectivity index (χ1n) is 8.29. The van der Waals surface area contributed by atoms with Crippen molar-refractivity contribution >= 4 is 34.7 Å². The maximum atomic E-state index is 11.9. The van der Waals surface area contributed by atoms with Gasteiger partial charge in [-0.05, 0) is 37.3 Å². The van der Waals surface area contributed by atoms with E-state index in [1.807, 2.05) is 0 Å². The molecule has 0 unspecified atom stereocenters. The minimum atomic E-state index is -0.587. The second-order valence-corrected chi connectivity index (χ2v) is 5.47. The van der Waals surface area contributed by atoms with E-state index in [0.717, 1.165) is 0 Å². The maximum Gasteiger partial charge on any atom is 0.353 e. The molecule has 10 heteroatoms. The van der Waals surface area contributed by atoms with Gasteiger partial charge in [-0.1, -0.05) is 6.07 Å². The molecule has 2 heterocycles. The highest BCUT2D eigenvalue weighted by Gasteiger charge is 2.23. The van der Waals surface area contributed by atoms with Crippen LogP contribution in [0.25, 0.3) is 0 Å². The first-order chi connectivity index (χ1) is 13.6. The molecule has 0 atom stereocenters. The van der Waals surface area contributed by atoms with Crippen LogP contribution < -0.4 is 10.6 Å². The molecule has 0 aliphatic carbocycles. The van der Waals surface area contributed by atoms with Crippen LogP contribution in [0.5, 0.6) is 0 Å². The summed E-state index contributed by atoms with van der Waals surface area (Å²) in [4.78, 5) is 34.8. The number of aromatic nitrogens is 3. The molecule has 142 valence electrons. The van der Waals surface area contributed by atoms with Crippen LogP contribution in [0.2, 0.25) is 0 Å². The molecule has 0 aliphatic heterocycles. The van der Waals surface area contributed by atoms with Gasteiger partial charge in [-0.2, -0.15) is 0 Å². The van der Waals surface area contributed by atoms with Crippen molar-refractivity contribution in [1.29, 1.82) is 0 Å². The summed E-state index contributed by atoms with van der Waals surface area (Å²) in [5, 5.41) is 17.4. The lowest BCUT2D eigenvalue weighted by Gasteiger charge is -2.10. The zero-order valence-corrected chi connectivity index (χ0v) is 14.8. The van der Waals surface area contributed by atoms with E-state index >= 15 is 0 Å². The smallest absolute Gasteiger partial charge is 0.353 e. The van der Waals surface area contributed by atoms with Crippen molar-refractivity contribution in [3.05, 3.63) is 70.8 Å². The number of hydrogen-bond donors (Lipinski definition) is 2. The number of nitro groups is 1. The second kappa shape index (κ2) is 8.54. The van der Waals surface area contributed by atoms with Gasteiger partial charge in [0, 0.05) is 11.9 Å². The van der Waals surface area contributed by atoms with Gasteiger partial charge in [-0.3, -0.25) is 15.1 Å². The Kier molecular flexibility index (Phi) is 5.70. The van der Waals surface area contributed by atoms with Gasteiger partial charge in [0.25, 0.3) is 0 Å². The van der Waals surface area contributed by atoms with E-state index in [9.17, 15) is 14.9 Å². The molecule has 0 saturated heterocycles. The molecule has 2 N–H and O–H groups in total. The van der Waals surface area contributed by atoms with E-state index in [-0.39, 0.29) is 23.9 Å². The van der Waals surface area contributed by atoms with Crippen LogP contribution >= 0.6 is 0 Å². The van der Waals surface area contributed by atoms with Gasteiger partial charge < -0.3 is 15.4 Å². The van der Waals surface area contributed by atoms with Crippen molar-refractivity contribution in [2.45, 2.75) is 6.92 Å². The van der Waals surface area contributed by atoms with Gasteiger partial charge in [0.15, 0.2) is 0 Å². The highest BCUT2D eigenvalue weighted by molar-refractivity contribution is 5.91. The molecule has 28 heavy (non-hydrogen) atoms. The van der Waals surface area contributed by atoms with E-state index in [0.29, 0.717) is 16.9 Å². The molecule has 0 amide bonds. The number of pyridine rings is 1. The Morgan fingerprint density at radius 3 is 2.50 bits per heavy atom. The Hall–Kier alpha value is -4.08. The highest BCUT2D eigenvalue weighted by Crippen LogP contribution is 2.32. The third-order valence-corrected chi connectivity index (χ3v) is 3.57. The minimum Gasteiger partial charge on any atom is -0.462 e. The van der Waals surface area contributed by atoms with E-state index < -0.39 is 10.9 Å². The zero-order valence-electron chi connectivity index (χ0n) is 14.8. The van der Waals surface area contributed by atoms with Crippen LogP contribution in [-0.4, -0.2) is 32.5 Å². The van der Waals surface area contributed by atoms with E-state index in [4.69, 9.17) is 4.74 Å². The Balaban J connectivity index is 1.92. The average molecular weight is 380 g/mol. The standard InChI is InChI=1S/C18H16N6O4/c1-2-28-18(25)12-5-3-6-13(9-12)22-16-15(24(26)27)17(21-11-20-16)23-14-7-4-8-19-10-14/h3-11H,2H2,1H3,(H2,20,21,22,23). The quantitative estimate of drug-likeness (QED) is 0.359. The number of rotatable bonds is 7. The number of anilines is 4. The van der Waals surface area contributed by atoms with E-state index in [1.54, 1.807) is 43.5 Å². The van der Waals surface area contributed by atoms with Crippen LogP contribution in [0, 0.1) is 10.1 Å². The average Bonchev–Trinajstić information content (AvgIpc) is 2.69.